The fourth-order valence-electron chi connectivity index (χ4n) is 15.1. The minimum Gasteiger partial charge on any atom is -0.507 e. The van der Waals surface area contributed by atoms with E-state index in [-0.39, 0.29) is 60.5 Å². The number of nitrogens with one attached hydrogen (secondary N) is 1. The van der Waals surface area contributed by atoms with E-state index < -0.39 is 18.1 Å². The summed E-state index contributed by atoms with van der Waals surface area (Å²) in [6, 6.07) is 18.9. The lowest BCUT2D eigenvalue weighted by molar-refractivity contribution is -0.141. The van der Waals surface area contributed by atoms with Gasteiger partial charge in [-0.1, -0.05) is 55.4 Å². The van der Waals surface area contributed by atoms with Crippen LogP contribution >= 0.6 is 11.3 Å². The number of para-hydroxylation sites is 1. The molecule has 3 amide bonds. The first kappa shape index (κ1) is 58.2. The van der Waals surface area contributed by atoms with E-state index in [0.29, 0.717) is 52.9 Å². The number of likely N-dealkylation sites (tertiary alicyclic amines) is 3. The topological polar surface area (TPSA) is 223 Å². The molecule has 7 aliphatic rings. The molecule has 1 aliphatic carbocycles. The molecule has 1 saturated carbocycles. The van der Waals surface area contributed by atoms with E-state index in [2.05, 4.69) is 50.2 Å². The first-order chi connectivity index (χ1) is 40.7. The molecular weight excluding hydrogens is 1080 g/mol. The van der Waals surface area contributed by atoms with E-state index >= 15 is 0 Å². The number of aryl methyl sites for hydroxylation is 1. The van der Waals surface area contributed by atoms with E-state index in [4.69, 9.17) is 15.0 Å². The molecule has 0 radical (unpaired) electrons. The number of nitrogens with two attached hydrogens (primary N) is 1. The minimum absolute atomic E-state index is 0.0770. The van der Waals surface area contributed by atoms with E-state index in [0.717, 1.165) is 169 Å². The van der Waals surface area contributed by atoms with Gasteiger partial charge in [-0.3, -0.25) is 14.4 Å². The Balaban J connectivity index is 0.544. The average Bonchev–Trinajstić information content (AvgIpc) is 3.59. The molecule has 20 heteroatoms. The number of carbonyl (C=O) groups is 3. The van der Waals surface area contributed by atoms with Gasteiger partial charge in [-0.05, 0) is 145 Å². The maximum atomic E-state index is 14.4. The lowest BCUT2D eigenvalue weighted by atomic mass is 9.88. The van der Waals surface area contributed by atoms with Crippen LogP contribution in [0.25, 0.3) is 21.7 Å². The van der Waals surface area contributed by atoms with Gasteiger partial charge in [0.15, 0.2) is 17.4 Å². The lowest BCUT2D eigenvalue weighted by Gasteiger charge is -2.45. The molecule has 2 aromatic carbocycles. The van der Waals surface area contributed by atoms with Crippen LogP contribution < -0.4 is 20.9 Å². The van der Waals surface area contributed by atoms with Gasteiger partial charge in [0.2, 0.25) is 17.7 Å². The number of nitrogens with zero attached hydrogens (tertiary/aromatic N) is 10. The van der Waals surface area contributed by atoms with Crippen LogP contribution in [0, 0.1) is 24.7 Å². The monoisotopic (exact) mass is 1170 g/mol. The Kier molecular flexibility index (Phi) is 17.6. The van der Waals surface area contributed by atoms with Crippen LogP contribution in [0.15, 0.2) is 70.7 Å². The van der Waals surface area contributed by atoms with Crippen molar-refractivity contribution in [2.24, 2.45) is 17.8 Å². The molecule has 12 rings (SSSR count). The third kappa shape index (κ3) is 12.6. The summed E-state index contributed by atoms with van der Waals surface area (Å²) < 4.78 is 12.8. The van der Waals surface area contributed by atoms with Crippen molar-refractivity contribution in [2.75, 3.05) is 81.0 Å². The van der Waals surface area contributed by atoms with Crippen molar-refractivity contribution in [3.63, 3.8) is 0 Å². The molecule has 3 aromatic heterocycles. The zero-order valence-corrected chi connectivity index (χ0v) is 50.3. The number of phenolic OH excluding ortho intramolecular Hbond substituents is 1. The summed E-state index contributed by atoms with van der Waals surface area (Å²) in [5.41, 5.74) is 13.3. The van der Waals surface area contributed by atoms with Crippen LogP contribution in [0.4, 0.5) is 17.3 Å². The van der Waals surface area contributed by atoms with Gasteiger partial charge in [0.25, 0.3) is 0 Å². The predicted octanol–water partition coefficient (Wildman–Crippen LogP) is 8.03. The van der Waals surface area contributed by atoms with E-state index in [1.807, 2.05) is 81.7 Å². The second kappa shape index (κ2) is 25.4. The molecule has 7 fully saturated rings. The van der Waals surface area contributed by atoms with Gasteiger partial charge in [-0.25, -0.2) is 4.98 Å². The number of aliphatic hydroxyl groups excluding tert-OH is 1. The summed E-state index contributed by atoms with van der Waals surface area (Å²) in [5.74, 6) is 1.49. The van der Waals surface area contributed by atoms with Crippen LogP contribution in [0.3, 0.4) is 0 Å². The summed E-state index contributed by atoms with van der Waals surface area (Å²) >= 11 is 1.60. The number of fused-ring (bicyclic) bond motifs is 2. The van der Waals surface area contributed by atoms with Gasteiger partial charge in [0.05, 0.1) is 51.8 Å². The summed E-state index contributed by atoms with van der Waals surface area (Å²) in [5, 5.41) is 37.5. The molecule has 9 heterocycles. The molecule has 2 bridgehead atoms. The SMILES string of the molecule is Cc1ncsc1-c1ccc([C@H](C)NC(=O)[C@@H]2C[C@@H](O)CN2C(=O)[C@@H](c2cc(N3CCC(CN4CCC(OC5CCC(N6CCC(C(=O)N7C8CCC7CN(c7cc(-c9ccccc9O)nnc7N)C8)CC6)CC5)CC4)CC3)no2)C(C)C)cc1. The number of amides is 3. The molecule has 6 aliphatic heterocycles. The molecule has 5 aromatic rings. The molecular formula is C64H86N12O7S. The highest BCUT2D eigenvalue weighted by atomic mass is 32.1. The molecule has 84 heavy (non-hydrogen) atoms. The van der Waals surface area contributed by atoms with Crippen LogP contribution in [0.1, 0.15) is 133 Å². The number of phenols is 1. The van der Waals surface area contributed by atoms with Crippen LogP contribution in [-0.4, -0.2) is 176 Å². The number of benzene rings is 2. The van der Waals surface area contributed by atoms with Crippen LogP contribution in [-0.2, 0) is 19.1 Å². The highest BCUT2D eigenvalue weighted by molar-refractivity contribution is 7.13. The van der Waals surface area contributed by atoms with Crippen LogP contribution in [0.5, 0.6) is 5.75 Å². The van der Waals surface area contributed by atoms with Gasteiger partial charge >= 0.3 is 0 Å². The molecule has 2 unspecified atom stereocenters. The van der Waals surface area contributed by atoms with Gasteiger partial charge < -0.3 is 59.9 Å². The second-order valence-corrected chi connectivity index (χ2v) is 26.5. The largest absolute Gasteiger partial charge is 0.507 e. The van der Waals surface area contributed by atoms with Gasteiger partial charge in [0.1, 0.15) is 17.7 Å². The smallest absolute Gasteiger partial charge is 0.243 e. The Morgan fingerprint density at radius 1 is 0.798 bits per heavy atom. The second-order valence-electron chi connectivity index (χ2n) is 25.7. The van der Waals surface area contributed by atoms with E-state index in [1.165, 1.54) is 0 Å². The first-order valence-corrected chi connectivity index (χ1v) is 32.2. The molecule has 6 saturated heterocycles. The highest BCUT2D eigenvalue weighted by Crippen LogP contribution is 2.40. The average molecular weight is 1170 g/mol. The highest BCUT2D eigenvalue weighted by Gasteiger charge is 2.47. The number of piperidine rings is 3. The molecule has 450 valence electrons. The lowest BCUT2D eigenvalue weighted by Crippen LogP contribution is -2.58. The number of anilines is 3. The number of β-amino-alcohol motifs (C(OH)–C–C–N with tert-alkyl or cyclic N) is 1. The van der Waals surface area contributed by atoms with Crippen LogP contribution in [0.2, 0.25) is 0 Å². The van der Waals surface area contributed by atoms with Crippen molar-refractivity contribution >= 4 is 46.4 Å². The Morgan fingerprint density at radius 3 is 2.17 bits per heavy atom. The number of carbonyl (C=O) groups excluding carboxylic acids is 3. The number of ether oxygens (including phenoxy) is 1. The summed E-state index contributed by atoms with van der Waals surface area (Å²) in [4.78, 5) is 61.6. The summed E-state index contributed by atoms with van der Waals surface area (Å²) in [6.07, 6.45) is 12.7. The Morgan fingerprint density at radius 2 is 1.49 bits per heavy atom. The summed E-state index contributed by atoms with van der Waals surface area (Å²) in [6.45, 7) is 16.4. The molecule has 5 N–H and O–H groups in total. The number of rotatable bonds is 16. The number of aromatic hydroxyl groups is 1. The Hall–Kier alpha value is -6.19. The number of aliphatic hydroxyl groups is 1. The number of aromatic nitrogens is 4. The van der Waals surface area contributed by atoms with E-state index in [1.54, 1.807) is 28.4 Å². The van der Waals surface area contributed by atoms with Crippen molar-refractivity contribution in [1.29, 1.82) is 0 Å². The predicted molar refractivity (Wildman–Crippen MR) is 324 cm³/mol. The Bertz CT molecular complexity index is 3060. The minimum atomic E-state index is -0.800. The normalized spacial score (nSPS) is 25.8. The summed E-state index contributed by atoms with van der Waals surface area (Å²) in [7, 11) is 0. The molecule has 6 atom stereocenters. The van der Waals surface area contributed by atoms with Crippen molar-refractivity contribution < 1.29 is 33.9 Å². The number of nitrogen functional groups attached to an aromatic ring is 1. The fraction of sp³-hybridized carbons (Fsp3) is 0.609. The quantitative estimate of drug-likeness (QED) is 0.0734. The first-order valence-electron chi connectivity index (χ1n) is 31.3. The number of thiazole rings is 1. The molecule has 0 spiro atoms. The third-order valence-corrected chi connectivity index (χ3v) is 20.8. The zero-order chi connectivity index (χ0) is 58.2. The van der Waals surface area contributed by atoms with Gasteiger partial charge in [-0.15, -0.1) is 21.5 Å². The fourth-order valence-corrected chi connectivity index (χ4v) is 15.9. The Labute approximate surface area is 498 Å². The van der Waals surface area contributed by atoms with Gasteiger partial charge in [-0.2, -0.15) is 0 Å². The zero-order valence-electron chi connectivity index (χ0n) is 49.4. The number of hydrogen-bond donors (Lipinski definition) is 4. The van der Waals surface area contributed by atoms with E-state index in [9.17, 15) is 24.6 Å². The van der Waals surface area contributed by atoms with Gasteiger partial charge in [0, 0.05) is 94.5 Å². The maximum absolute atomic E-state index is 14.4. The number of hydrogen-bond acceptors (Lipinski definition) is 17. The maximum Gasteiger partial charge on any atom is 0.243 e. The van der Waals surface area contributed by atoms with Crippen molar-refractivity contribution in [2.45, 2.75) is 166 Å². The third-order valence-electron chi connectivity index (χ3n) is 19.9. The molecule has 19 nitrogen and oxygen atoms in total. The van der Waals surface area contributed by atoms with Crippen molar-refractivity contribution in [1.82, 2.24) is 45.3 Å². The number of piperazine rings is 1. The van der Waals surface area contributed by atoms with Crippen molar-refractivity contribution in [3.05, 3.63) is 83.2 Å². The standard InChI is InChI=1S/C64H86N12O7S/c1-39(2)59(64(81)75-37-49(77)31-55(75)62(79)67-40(3)43-9-11-44(12-10-43)60-41(4)66-38-84-60)57-33-58(70-83-57)73-27-19-42(20-28-73)34-71-25-23-51(24-26-71)82-50-17-15-46(16-18-50)72-29-21-45(22-30-72)63(80)76-47-13-14-48(76)36-74(35-47)54-32-53(68-69-61(54)65)52-7-5-6-8-56(52)78/h5-12,32-33,38-40,42,45-51,55,59,77-78H,13-31,34-37H2,1-4H3,(H2,65,69)(H,67,79)/t40-,46?,47?,48?,49+,50?,55-,59+/m0/s1. The van der Waals surface area contributed by atoms with Crippen molar-refractivity contribution in [3.8, 4) is 27.4 Å².